The summed E-state index contributed by atoms with van der Waals surface area (Å²) in [5.41, 5.74) is 1.01. The molecule has 4 heterocycles. The molecule has 172 valence electrons. The second-order valence-electron chi connectivity index (χ2n) is 8.63. The first-order valence-corrected chi connectivity index (χ1v) is 11.4. The van der Waals surface area contributed by atoms with Gasteiger partial charge in [0.25, 0.3) is 0 Å². The molecule has 3 aromatic rings. The molecule has 2 aliphatic rings. The van der Waals surface area contributed by atoms with Gasteiger partial charge in [0, 0.05) is 69.3 Å². The van der Waals surface area contributed by atoms with E-state index in [-0.39, 0.29) is 17.6 Å². The molecule has 5 rings (SSSR count). The predicted molar refractivity (Wildman–Crippen MR) is 124 cm³/mol. The van der Waals surface area contributed by atoms with Crippen LogP contribution in [0, 0.1) is 18.7 Å². The van der Waals surface area contributed by atoms with E-state index >= 15 is 0 Å². The minimum absolute atomic E-state index is 0.0517. The Hall–Kier alpha value is -3.49. The molecule has 1 aromatic carbocycles. The van der Waals surface area contributed by atoms with Crippen molar-refractivity contribution in [2.75, 3.05) is 49.1 Å². The zero-order chi connectivity index (χ0) is 22.8. The van der Waals surface area contributed by atoms with Crippen molar-refractivity contribution in [3.63, 3.8) is 0 Å². The van der Waals surface area contributed by atoms with Gasteiger partial charge >= 0.3 is 0 Å². The Kier molecular flexibility index (Phi) is 5.93. The second-order valence-corrected chi connectivity index (χ2v) is 8.63. The molecule has 0 unspecified atom stereocenters. The molecular weight excluding hydrogens is 421 g/mol. The van der Waals surface area contributed by atoms with Crippen LogP contribution in [0.25, 0.3) is 5.82 Å². The number of carbonyl (C=O) groups is 1. The van der Waals surface area contributed by atoms with Crippen molar-refractivity contribution in [3.05, 3.63) is 60.7 Å². The van der Waals surface area contributed by atoms with Gasteiger partial charge in [0.15, 0.2) is 0 Å². The molecule has 0 bridgehead atoms. The van der Waals surface area contributed by atoms with Crippen molar-refractivity contribution in [2.45, 2.75) is 19.8 Å². The van der Waals surface area contributed by atoms with Gasteiger partial charge in [-0.3, -0.25) is 9.36 Å². The lowest BCUT2D eigenvalue weighted by atomic mass is 9.95. The number of hydrogen-bond donors (Lipinski definition) is 0. The van der Waals surface area contributed by atoms with Crippen molar-refractivity contribution in [3.8, 4) is 5.82 Å². The molecule has 0 N–H and O–H groups in total. The summed E-state index contributed by atoms with van der Waals surface area (Å²) in [6.07, 6.45) is 6.87. The Morgan fingerprint density at radius 2 is 1.61 bits per heavy atom. The number of nitrogens with zero attached hydrogens (tertiary/aromatic N) is 7. The molecule has 33 heavy (non-hydrogen) atoms. The summed E-state index contributed by atoms with van der Waals surface area (Å²) in [6.45, 7) is 6.49. The summed E-state index contributed by atoms with van der Waals surface area (Å²) in [5, 5.41) is 0. The Balaban J connectivity index is 1.15. The number of aromatic nitrogens is 4. The number of carbonyl (C=O) groups excluding carboxylic acids is 1. The average Bonchev–Trinajstić information content (AvgIpc) is 3.30. The van der Waals surface area contributed by atoms with Crippen LogP contribution in [-0.2, 0) is 4.79 Å². The maximum absolute atomic E-state index is 13.2. The Labute approximate surface area is 192 Å². The smallest absolute Gasteiger partial charge is 0.225 e. The number of benzene rings is 1. The van der Waals surface area contributed by atoms with Crippen LogP contribution < -0.4 is 9.80 Å². The van der Waals surface area contributed by atoms with E-state index in [1.54, 1.807) is 24.7 Å². The number of piperazine rings is 1. The van der Waals surface area contributed by atoms with Gasteiger partial charge in [0.05, 0.1) is 0 Å². The molecule has 2 saturated heterocycles. The van der Waals surface area contributed by atoms with E-state index in [9.17, 15) is 9.18 Å². The molecule has 1 amide bonds. The Morgan fingerprint density at radius 3 is 2.27 bits per heavy atom. The fourth-order valence-corrected chi connectivity index (χ4v) is 4.71. The van der Waals surface area contributed by atoms with Gasteiger partial charge in [-0.1, -0.05) is 0 Å². The van der Waals surface area contributed by atoms with Crippen molar-refractivity contribution in [1.29, 1.82) is 0 Å². The van der Waals surface area contributed by atoms with E-state index in [4.69, 9.17) is 0 Å². The summed E-state index contributed by atoms with van der Waals surface area (Å²) in [4.78, 5) is 32.7. The molecule has 0 radical (unpaired) electrons. The van der Waals surface area contributed by atoms with Crippen LogP contribution in [0.4, 0.5) is 15.9 Å². The number of amides is 1. The standard InChI is InChI=1S/C24H28FN7O/c1-18-26-8-11-32(18)23-16-22(27-17-28-23)30-9-6-19(7-10-30)24(33)31-14-12-29(13-15-31)21-4-2-20(25)3-5-21/h2-5,8,11,16-17,19H,6-7,9-10,12-15H2,1H3. The third-order valence-electron chi connectivity index (χ3n) is 6.66. The molecule has 2 aliphatic heterocycles. The van der Waals surface area contributed by atoms with E-state index < -0.39 is 0 Å². The number of hydrogen-bond acceptors (Lipinski definition) is 6. The molecule has 2 aromatic heterocycles. The average molecular weight is 450 g/mol. The molecule has 0 atom stereocenters. The summed E-state index contributed by atoms with van der Waals surface area (Å²) in [7, 11) is 0. The third kappa shape index (κ3) is 4.53. The molecule has 0 saturated carbocycles. The number of piperidine rings is 1. The zero-order valence-corrected chi connectivity index (χ0v) is 18.8. The zero-order valence-electron chi connectivity index (χ0n) is 18.8. The van der Waals surface area contributed by atoms with E-state index in [2.05, 4.69) is 24.8 Å². The molecule has 9 heteroatoms. The second kappa shape index (κ2) is 9.17. The summed E-state index contributed by atoms with van der Waals surface area (Å²) in [6, 6.07) is 8.55. The fourth-order valence-electron chi connectivity index (χ4n) is 4.71. The highest BCUT2D eigenvalue weighted by atomic mass is 19.1. The first-order valence-electron chi connectivity index (χ1n) is 11.4. The number of imidazole rings is 1. The Bertz CT molecular complexity index is 1100. The van der Waals surface area contributed by atoms with Crippen molar-refractivity contribution in [2.24, 2.45) is 5.92 Å². The molecule has 2 fully saturated rings. The lowest BCUT2D eigenvalue weighted by molar-refractivity contribution is -0.136. The summed E-state index contributed by atoms with van der Waals surface area (Å²) >= 11 is 0. The van der Waals surface area contributed by atoms with Crippen LogP contribution in [-0.4, -0.2) is 69.6 Å². The van der Waals surface area contributed by atoms with Crippen molar-refractivity contribution < 1.29 is 9.18 Å². The van der Waals surface area contributed by atoms with E-state index in [1.165, 1.54) is 12.1 Å². The minimum Gasteiger partial charge on any atom is -0.368 e. The Morgan fingerprint density at radius 1 is 0.909 bits per heavy atom. The number of anilines is 2. The van der Waals surface area contributed by atoms with Gasteiger partial charge in [-0.2, -0.15) is 0 Å². The van der Waals surface area contributed by atoms with Crippen LogP contribution in [0.3, 0.4) is 0 Å². The highest BCUT2D eigenvalue weighted by molar-refractivity contribution is 5.79. The quantitative estimate of drug-likeness (QED) is 0.610. The van der Waals surface area contributed by atoms with Gasteiger partial charge in [-0.25, -0.2) is 19.3 Å². The van der Waals surface area contributed by atoms with Gasteiger partial charge in [-0.15, -0.1) is 0 Å². The maximum Gasteiger partial charge on any atom is 0.225 e. The first kappa shape index (κ1) is 21.4. The van der Waals surface area contributed by atoms with Crippen molar-refractivity contribution >= 4 is 17.4 Å². The maximum atomic E-state index is 13.2. The van der Waals surface area contributed by atoms with Crippen LogP contribution in [0.15, 0.2) is 49.1 Å². The molecule has 0 spiro atoms. The van der Waals surface area contributed by atoms with Gasteiger partial charge in [0.2, 0.25) is 5.91 Å². The molecular formula is C24H28FN7O. The minimum atomic E-state index is -0.228. The lowest BCUT2D eigenvalue weighted by Crippen LogP contribution is -2.51. The van der Waals surface area contributed by atoms with Crippen molar-refractivity contribution in [1.82, 2.24) is 24.4 Å². The number of rotatable bonds is 4. The fraction of sp³-hybridized carbons (Fsp3) is 0.417. The SMILES string of the molecule is Cc1nccn1-c1cc(N2CCC(C(=O)N3CCN(c4ccc(F)cc4)CC3)CC2)ncn1. The van der Waals surface area contributed by atoms with E-state index in [1.807, 2.05) is 28.7 Å². The van der Waals surface area contributed by atoms with E-state index in [0.29, 0.717) is 13.1 Å². The van der Waals surface area contributed by atoms with Crippen LogP contribution >= 0.6 is 0 Å². The van der Waals surface area contributed by atoms with E-state index in [0.717, 1.165) is 62.2 Å². The van der Waals surface area contributed by atoms with Crippen LogP contribution in [0.2, 0.25) is 0 Å². The molecule has 8 nitrogen and oxygen atoms in total. The largest absolute Gasteiger partial charge is 0.368 e. The summed E-state index contributed by atoms with van der Waals surface area (Å²) < 4.78 is 15.1. The van der Waals surface area contributed by atoms with Gasteiger partial charge in [0.1, 0.15) is 29.6 Å². The van der Waals surface area contributed by atoms with Crippen LogP contribution in [0.5, 0.6) is 0 Å². The highest BCUT2D eigenvalue weighted by Crippen LogP contribution is 2.25. The highest BCUT2D eigenvalue weighted by Gasteiger charge is 2.31. The number of halogens is 1. The predicted octanol–water partition coefficient (Wildman–Crippen LogP) is 2.68. The first-order chi connectivity index (χ1) is 16.1. The monoisotopic (exact) mass is 449 g/mol. The topological polar surface area (TPSA) is 70.4 Å². The van der Waals surface area contributed by atoms with Crippen LogP contribution in [0.1, 0.15) is 18.7 Å². The number of aryl methyl sites for hydroxylation is 1. The third-order valence-corrected chi connectivity index (χ3v) is 6.66. The lowest BCUT2D eigenvalue weighted by Gasteiger charge is -2.39. The van der Waals surface area contributed by atoms with Gasteiger partial charge in [-0.05, 0) is 44.0 Å². The normalized spacial score (nSPS) is 17.5. The molecule has 0 aliphatic carbocycles. The summed E-state index contributed by atoms with van der Waals surface area (Å²) in [5.74, 6) is 2.64. The van der Waals surface area contributed by atoms with Gasteiger partial charge < -0.3 is 14.7 Å².